The lowest BCUT2D eigenvalue weighted by Crippen LogP contribution is -2.45. The second-order valence-electron chi connectivity index (χ2n) is 7.42. The molecular formula is C22H27FN2O2. The van der Waals surface area contributed by atoms with Crippen molar-refractivity contribution in [2.24, 2.45) is 5.41 Å². The van der Waals surface area contributed by atoms with Crippen molar-refractivity contribution in [3.8, 4) is 0 Å². The lowest BCUT2D eigenvalue weighted by atomic mass is 9.90. The van der Waals surface area contributed by atoms with Crippen LogP contribution in [-0.2, 0) is 16.0 Å². The summed E-state index contributed by atoms with van der Waals surface area (Å²) in [7, 11) is 0. The number of halogens is 1. The van der Waals surface area contributed by atoms with E-state index in [1.165, 1.54) is 6.07 Å². The molecule has 5 heteroatoms. The molecule has 0 heterocycles. The van der Waals surface area contributed by atoms with Crippen LogP contribution in [-0.4, -0.2) is 18.4 Å². The van der Waals surface area contributed by atoms with Crippen LogP contribution in [0.25, 0.3) is 0 Å². The molecule has 0 atom stereocenters. The Hall–Kier alpha value is -2.69. The number of anilines is 1. The van der Waals surface area contributed by atoms with Crippen molar-refractivity contribution in [1.82, 2.24) is 5.32 Å². The van der Waals surface area contributed by atoms with Gasteiger partial charge in [-0.2, -0.15) is 0 Å². The summed E-state index contributed by atoms with van der Waals surface area (Å²) in [4.78, 5) is 25.2. The van der Waals surface area contributed by atoms with Gasteiger partial charge in [0.2, 0.25) is 11.8 Å². The van der Waals surface area contributed by atoms with E-state index in [0.29, 0.717) is 17.7 Å². The number of carbonyl (C=O) groups is 2. The first-order valence-corrected chi connectivity index (χ1v) is 9.15. The molecule has 27 heavy (non-hydrogen) atoms. The summed E-state index contributed by atoms with van der Waals surface area (Å²) in [6.45, 7) is 7.52. The Labute approximate surface area is 160 Å². The fraction of sp³-hybridized carbons (Fsp3) is 0.364. The molecule has 0 saturated carbocycles. The van der Waals surface area contributed by atoms with E-state index in [-0.39, 0.29) is 24.2 Å². The lowest BCUT2D eigenvalue weighted by molar-refractivity contribution is -0.138. The molecule has 0 aliphatic rings. The van der Waals surface area contributed by atoms with Crippen molar-refractivity contribution in [2.45, 2.75) is 40.0 Å². The third kappa shape index (κ3) is 5.16. The van der Waals surface area contributed by atoms with Crippen molar-refractivity contribution in [3.05, 3.63) is 65.5 Å². The van der Waals surface area contributed by atoms with Gasteiger partial charge in [-0.3, -0.25) is 9.59 Å². The van der Waals surface area contributed by atoms with Crippen molar-refractivity contribution in [2.75, 3.05) is 11.9 Å². The van der Waals surface area contributed by atoms with Crippen LogP contribution < -0.4 is 10.6 Å². The van der Waals surface area contributed by atoms with Crippen LogP contribution >= 0.6 is 0 Å². The Bertz CT molecular complexity index is 815. The van der Waals surface area contributed by atoms with E-state index in [2.05, 4.69) is 10.6 Å². The molecule has 0 aliphatic carbocycles. The zero-order valence-electron chi connectivity index (χ0n) is 16.3. The van der Waals surface area contributed by atoms with Crippen LogP contribution in [0.1, 0.15) is 44.7 Å². The van der Waals surface area contributed by atoms with Gasteiger partial charge in [-0.05, 0) is 49.4 Å². The number of hydrogen-bond donors (Lipinski definition) is 2. The first kappa shape index (κ1) is 20.6. The molecule has 2 aromatic carbocycles. The van der Waals surface area contributed by atoms with Gasteiger partial charge in [-0.25, -0.2) is 4.39 Å². The Morgan fingerprint density at radius 3 is 2.30 bits per heavy atom. The Morgan fingerprint density at radius 2 is 1.63 bits per heavy atom. The average Bonchev–Trinajstić information content (AvgIpc) is 2.63. The average molecular weight is 370 g/mol. The summed E-state index contributed by atoms with van der Waals surface area (Å²) < 4.78 is 13.6. The van der Waals surface area contributed by atoms with Crippen molar-refractivity contribution < 1.29 is 14.0 Å². The lowest BCUT2D eigenvalue weighted by Gasteiger charge is -2.24. The van der Waals surface area contributed by atoms with Gasteiger partial charge in [0.15, 0.2) is 0 Å². The summed E-state index contributed by atoms with van der Waals surface area (Å²) in [6.07, 6.45) is 0.367. The minimum Gasteiger partial charge on any atom is -0.355 e. The largest absolute Gasteiger partial charge is 0.355 e. The first-order valence-electron chi connectivity index (χ1n) is 9.15. The number of amides is 2. The highest BCUT2D eigenvalue weighted by atomic mass is 19.1. The predicted octanol–water partition coefficient (Wildman–Crippen LogP) is 4.27. The van der Waals surface area contributed by atoms with E-state index < -0.39 is 11.3 Å². The van der Waals surface area contributed by atoms with E-state index in [1.54, 1.807) is 32.0 Å². The molecule has 2 aromatic rings. The zero-order valence-corrected chi connectivity index (χ0v) is 16.3. The highest BCUT2D eigenvalue weighted by molar-refractivity contribution is 6.10. The van der Waals surface area contributed by atoms with Gasteiger partial charge >= 0.3 is 0 Å². The topological polar surface area (TPSA) is 58.2 Å². The van der Waals surface area contributed by atoms with Crippen LogP contribution in [0.15, 0.2) is 48.5 Å². The smallest absolute Gasteiger partial charge is 0.239 e. The van der Waals surface area contributed by atoms with Crippen LogP contribution in [0.2, 0.25) is 0 Å². The number of nitrogens with one attached hydrogen (secondary N) is 2. The first-order chi connectivity index (χ1) is 12.7. The molecule has 0 fully saturated rings. The maximum atomic E-state index is 13.6. The molecular weight excluding hydrogens is 343 g/mol. The van der Waals surface area contributed by atoms with Gasteiger partial charge in [0.05, 0.1) is 0 Å². The van der Waals surface area contributed by atoms with E-state index in [1.807, 2.05) is 38.1 Å². The second kappa shape index (κ2) is 8.80. The maximum absolute atomic E-state index is 13.6. The molecule has 0 spiro atoms. The monoisotopic (exact) mass is 370 g/mol. The molecule has 144 valence electrons. The molecule has 2 N–H and O–H groups in total. The summed E-state index contributed by atoms with van der Waals surface area (Å²) in [6, 6.07) is 14.0. The van der Waals surface area contributed by atoms with E-state index >= 15 is 0 Å². The zero-order chi connectivity index (χ0) is 20.0. The molecule has 0 bridgehead atoms. The SMILES string of the molecule is CC(C)c1ccccc1NC(=O)C(C)(C)C(=O)NCCc1ccccc1F. The van der Waals surface area contributed by atoms with Gasteiger partial charge in [0.25, 0.3) is 0 Å². The molecule has 2 rings (SSSR count). The highest BCUT2D eigenvalue weighted by Crippen LogP contribution is 2.26. The van der Waals surface area contributed by atoms with Gasteiger partial charge < -0.3 is 10.6 Å². The number of hydrogen-bond acceptors (Lipinski definition) is 2. The summed E-state index contributed by atoms with van der Waals surface area (Å²) in [5.41, 5.74) is 1.01. The van der Waals surface area contributed by atoms with Crippen molar-refractivity contribution in [3.63, 3.8) is 0 Å². The predicted molar refractivity (Wildman–Crippen MR) is 106 cm³/mol. The Morgan fingerprint density at radius 1 is 1.00 bits per heavy atom. The van der Waals surface area contributed by atoms with Gasteiger partial charge in [-0.1, -0.05) is 50.2 Å². The number of rotatable bonds is 7. The van der Waals surface area contributed by atoms with Crippen LogP contribution in [0.4, 0.5) is 10.1 Å². The van der Waals surface area contributed by atoms with Crippen LogP contribution in [0.5, 0.6) is 0 Å². The fourth-order valence-corrected chi connectivity index (χ4v) is 2.73. The molecule has 0 aliphatic heterocycles. The van der Waals surface area contributed by atoms with E-state index in [0.717, 1.165) is 5.56 Å². The molecule has 0 aromatic heterocycles. The minimum absolute atomic E-state index is 0.249. The number of para-hydroxylation sites is 1. The summed E-state index contributed by atoms with van der Waals surface area (Å²) >= 11 is 0. The van der Waals surface area contributed by atoms with E-state index in [9.17, 15) is 14.0 Å². The molecule has 4 nitrogen and oxygen atoms in total. The third-order valence-corrected chi connectivity index (χ3v) is 4.60. The maximum Gasteiger partial charge on any atom is 0.239 e. The molecule has 0 radical (unpaired) electrons. The third-order valence-electron chi connectivity index (χ3n) is 4.60. The standard InChI is InChI=1S/C22H27FN2O2/c1-15(2)17-10-6-8-12-19(17)25-21(27)22(3,4)20(26)24-14-13-16-9-5-7-11-18(16)23/h5-12,15H,13-14H2,1-4H3,(H,24,26)(H,25,27). The summed E-state index contributed by atoms with van der Waals surface area (Å²) in [5, 5.41) is 5.61. The summed E-state index contributed by atoms with van der Waals surface area (Å²) in [5.74, 6) is -0.814. The van der Waals surface area contributed by atoms with Gasteiger partial charge in [-0.15, -0.1) is 0 Å². The van der Waals surface area contributed by atoms with Gasteiger partial charge in [0, 0.05) is 12.2 Å². The van der Waals surface area contributed by atoms with Crippen molar-refractivity contribution >= 4 is 17.5 Å². The quantitative estimate of drug-likeness (QED) is 0.715. The van der Waals surface area contributed by atoms with E-state index in [4.69, 9.17) is 0 Å². The highest BCUT2D eigenvalue weighted by Gasteiger charge is 2.36. The molecule has 0 saturated heterocycles. The van der Waals surface area contributed by atoms with Crippen LogP contribution in [0.3, 0.4) is 0 Å². The molecule has 2 amide bonds. The number of benzene rings is 2. The fourth-order valence-electron chi connectivity index (χ4n) is 2.73. The number of carbonyl (C=O) groups excluding carboxylic acids is 2. The van der Waals surface area contributed by atoms with Gasteiger partial charge in [0.1, 0.15) is 11.2 Å². The minimum atomic E-state index is -1.25. The molecule has 0 unspecified atom stereocenters. The van der Waals surface area contributed by atoms with Crippen molar-refractivity contribution in [1.29, 1.82) is 0 Å². The second-order valence-corrected chi connectivity index (χ2v) is 7.42. The Kier molecular flexibility index (Phi) is 6.72. The normalized spacial score (nSPS) is 11.3. The Balaban J connectivity index is 1.99. The van der Waals surface area contributed by atoms with Crippen LogP contribution in [0, 0.1) is 11.2 Å².